The maximum absolute atomic E-state index is 5.26. The van der Waals surface area contributed by atoms with Gasteiger partial charge in [0.15, 0.2) is 0 Å². The highest BCUT2D eigenvalue weighted by Gasteiger charge is 2.33. The number of hydrogen-bond donors (Lipinski definition) is 0. The predicted molar refractivity (Wildman–Crippen MR) is 96.2 cm³/mol. The molecule has 3 heterocycles. The topological polar surface area (TPSA) is 30.3 Å². The van der Waals surface area contributed by atoms with Gasteiger partial charge in [0.1, 0.15) is 11.6 Å². The van der Waals surface area contributed by atoms with Crippen molar-refractivity contribution >= 4 is 0 Å². The first-order valence-corrected chi connectivity index (χ1v) is 9.25. The number of piperidine rings is 2. The molecule has 0 amide bonds. The molecule has 0 spiro atoms. The predicted octanol–water partition coefficient (Wildman–Crippen LogP) is 3.82. The van der Waals surface area contributed by atoms with Crippen LogP contribution in [0.5, 0.6) is 5.75 Å². The maximum Gasteiger partial charge on any atom is 0.139 e. The van der Waals surface area contributed by atoms with E-state index in [1.54, 1.807) is 7.11 Å². The molecule has 2 fully saturated rings. The van der Waals surface area contributed by atoms with Crippen molar-refractivity contribution in [2.75, 3.05) is 20.2 Å². The van der Waals surface area contributed by atoms with Crippen LogP contribution in [0.25, 0.3) is 11.4 Å². The van der Waals surface area contributed by atoms with Gasteiger partial charge in [-0.05, 0) is 69.0 Å². The number of aromatic nitrogens is 2. The quantitative estimate of drug-likeness (QED) is 0.856. The normalized spacial score (nSPS) is 24.5. The van der Waals surface area contributed by atoms with Crippen molar-refractivity contribution in [3.8, 4) is 17.1 Å². The molecule has 0 saturated carbocycles. The second kappa shape index (κ2) is 6.98. The van der Waals surface area contributed by atoms with Gasteiger partial charge >= 0.3 is 0 Å². The zero-order valence-corrected chi connectivity index (χ0v) is 14.5. The third-order valence-electron chi connectivity index (χ3n) is 5.72. The summed E-state index contributed by atoms with van der Waals surface area (Å²) >= 11 is 0. The molecule has 128 valence electrons. The second-order valence-corrected chi connectivity index (χ2v) is 7.13. The van der Waals surface area contributed by atoms with Gasteiger partial charge in [0.05, 0.1) is 7.11 Å². The molecular weight excluding hydrogens is 298 g/mol. The highest BCUT2D eigenvalue weighted by molar-refractivity contribution is 5.56. The number of fused-ring (bicyclic) bond motifs is 1. The first-order valence-electron chi connectivity index (χ1n) is 9.25. The molecule has 2 aliphatic heterocycles. The summed E-state index contributed by atoms with van der Waals surface area (Å²) in [5.74, 6) is 2.72. The number of hydrogen-bond acceptors (Lipinski definition) is 3. The number of imidazole rings is 1. The molecule has 24 heavy (non-hydrogen) atoms. The van der Waals surface area contributed by atoms with Gasteiger partial charge < -0.3 is 14.2 Å². The lowest BCUT2D eigenvalue weighted by Gasteiger charge is -2.44. The van der Waals surface area contributed by atoms with Crippen LogP contribution in [0.2, 0.25) is 0 Å². The first kappa shape index (κ1) is 15.7. The molecule has 2 saturated heterocycles. The molecule has 0 radical (unpaired) electrons. The van der Waals surface area contributed by atoms with E-state index >= 15 is 0 Å². The van der Waals surface area contributed by atoms with Gasteiger partial charge in [-0.15, -0.1) is 0 Å². The molecule has 4 nitrogen and oxygen atoms in total. The summed E-state index contributed by atoms with van der Waals surface area (Å²) in [5.41, 5.74) is 1.16. The fourth-order valence-corrected chi connectivity index (χ4v) is 4.50. The largest absolute Gasteiger partial charge is 0.497 e. The Bertz CT molecular complexity index is 662. The first-order chi connectivity index (χ1) is 11.8. The average Bonchev–Trinajstić information content (AvgIpc) is 3.10. The summed E-state index contributed by atoms with van der Waals surface area (Å²) < 4.78 is 7.62. The van der Waals surface area contributed by atoms with E-state index in [9.17, 15) is 0 Å². The van der Waals surface area contributed by atoms with E-state index < -0.39 is 0 Å². The minimum atomic E-state index is 0.755. The molecule has 0 unspecified atom stereocenters. The molecular formula is C20H27N3O. The lowest BCUT2D eigenvalue weighted by molar-refractivity contribution is 0.0521. The van der Waals surface area contributed by atoms with Crippen LogP contribution < -0.4 is 4.74 Å². The van der Waals surface area contributed by atoms with Crippen LogP contribution in [-0.4, -0.2) is 40.7 Å². The van der Waals surface area contributed by atoms with Crippen molar-refractivity contribution in [3.63, 3.8) is 0 Å². The van der Waals surface area contributed by atoms with Crippen LogP contribution in [0.1, 0.15) is 32.1 Å². The van der Waals surface area contributed by atoms with Gasteiger partial charge in [0.2, 0.25) is 0 Å². The van der Waals surface area contributed by atoms with Crippen LogP contribution in [0, 0.1) is 5.92 Å². The van der Waals surface area contributed by atoms with E-state index in [2.05, 4.69) is 32.8 Å². The Balaban J connectivity index is 1.53. The average molecular weight is 325 g/mol. The van der Waals surface area contributed by atoms with Crippen LogP contribution in [0.4, 0.5) is 0 Å². The minimum absolute atomic E-state index is 0.755. The molecule has 4 rings (SSSR count). The Morgan fingerprint density at radius 1 is 1.08 bits per heavy atom. The monoisotopic (exact) mass is 325 g/mol. The Morgan fingerprint density at radius 3 is 2.75 bits per heavy atom. The molecule has 2 aliphatic rings. The summed E-state index contributed by atoms with van der Waals surface area (Å²) in [7, 11) is 1.70. The number of benzene rings is 1. The minimum Gasteiger partial charge on any atom is -0.497 e. The van der Waals surface area contributed by atoms with Crippen LogP contribution in [0.3, 0.4) is 0 Å². The van der Waals surface area contributed by atoms with E-state index in [0.717, 1.165) is 35.6 Å². The van der Waals surface area contributed by atoms with E-state index in [-0.39, 0.29) is 0 Å². The van der Waals surface area contributed by atoms with Crippen molar-refractivity contribution in [2.24, 2.45) is 5.92 Å². The molecule has 1 aromatic carbocycles. The number of rotatable bonds is 4. The Labute approximate surface area is 144 Å². The molecule has 0 N–H and O–H groups in total. The van der Waals surface area contributed by atoms with Crippen LogP contribution in [-0.2, 0) is 6.54 Å². The fraction of sp³-hybridized carbons (Fsp3) is 0.550. The molecule has 1 aromatic heterocycles. The van der Waals surface area contributed by atoms with Gasteiger partial charge in [0, 0.05) is 30.5 Å². The third-order valence-corrected chi connectivity index (χ3v) is 5.72. The zero-order valence-electron chi connectivity index (χ0n) is 14.5. The maximum atomic E-state index is 5.26. The van der Waals surface area contributed by atoms with E-state index in [4.69, 9.17) is 4.74 Å². The Kier molecular flexibility index (Phi) is 4.56. The summed E-state index contributed by atoms with van der Waals surface area (Å²) in [6.45, 7) is 3.69. The smallest absolute Gasteiger partial charge is 0.139 e. The highest BCUT2D eigenvalue weighted by atomic mass is 16.5. The van der Waals surface area contributed by atoms with E-state index in [1.165, 1.54) is 45.2 Å². The van der Waals surface area contributed by atoms with Gasteiger partial charge in [-0.1, -0.05) is 6.42 Å². The van der Waals surface area contributed by atoms with E-state index in [0.29, 0.717) is 0 Å². The SMILES string of the molecule is COc1ccc(-c2nccn2C[C@@H]2CCCN3CCCC[C@H]23)cc1. The number of nitrogens with zero attached hydrogens (tertiary/aromatic N) is 3. The van der Waals surface area contributed by atoms with Crippen molar-refractivity contribution in [1.29, 1.82) is 0 Å². The number of methoxy groups -OCH3 is 1. The van der Waals surface area contributed by atoms with Crippen LogP contribution in [0.15, 0.2) is 36.7 Å². The van der Waals surface area contributed by atoms with Gasteiger partial charge in [-0.25, -0.2) is 4.98 Å². The van der Waals surface area contributed by atoms with Gasteiger partial charge in [-0.3, -0.25) is 0 Å². The lowest BCUT2D eigenvalue weighted by Crippen LogP contribution is -2.49. The summed E-state index contributed by atoms with van der Waals surface area (Å²) in [5, 5.41) is 0. The second-order valence-electron chi connectivity index (χ2n) is 7.13. The van der Waals surface area contributed by atoms with Crippen LogP contribution >= 0.6 is 0 Å². The Hall–Kier alpha value is -1.81. The highest BCUT2D eigenvalue weighted by Crippen LogP contribution is 2.33. The molecule has 0 bridgehead atoms. The van der Waals surface area contributed by atoms with Gasteiger partial charge in [0.25, 0.3) is 0 Å². The molecule has 0 aliphatic carbocycles. The zero-order chi connectivity index (χ0) is 16.4. The summed E-state index contributed by atoms with van der Waals surface area (Å²) in [6.07, 6.45) is 10.9. The van der Waals surface area contributed by atoms with Crippen molar-refractivity contribution in [3.05, 3.63) is 36.7 Å². The molecule has 2 aromatic rings. The van der Waals surface area contributed by atoms with E-state index in [1.807, 2.05) is 18.3 Å². The van der Waals surface area contributed by atoms with Crippen molar-refractivity contribution in [1.82, 2.24) is 14.5 Å². The fourth-order valence-electron chi connectivity index (χ4n) is 4.50. The molecule has 4 heteroatoms. The lowest BCUT2D eigenvalue weighted by atomic mass is 9.83. The van der Waals surface area contributed by atoms with Gasteiger partial charge in [-0.2, -0.15) is 0 Å². The summed E-state index contributed by atoms with van der Waals surface area (Å²) in [6, 6.07) is 9.01. The Morgan fingerprint density at radius 2 is 1.92 bits per heavy atom. The number of ether oxygens (including phenoxy) is 1. The van der Waals surface area contributed by atoms with Crippen molar-refractivity contribution in [2.45, 2.75) is 44.7 Å². The third kappa shape index (κ3) is 3.07. The summed E-state index contributed by atoms with van der Waals surface area (Å²) in [4.78, 5) is 7.36. The standard InChI is InChI=1S/C20H27N3O/c1-24-18-9-7-16(8-10-18)20-21-11-14-23(20)15-17-5-4-13-22-12-3-2-6-19(17)22/h7-11,14,17,19H,2-6,12-13,15H2,1H3/t17-,19+/m0/s1. The van der Waals surface area contributed by atoms with Crippen molar-refractivity contribution < 1.29 is 4.74 Å². The molecule has 2 atom stereocenters.